The van der Waals surface area contributed by atoms with Crippen molar-refractivity contribution in [2.75, 3.05) is 0 Å². The Morgan fingerprint density at radius 2 is 1.71 bits per heavy atom. The lowest BCUT2D eigenvalue weighted by Crippen LogP contribution is -2.18. The van der Waals surface area contributed by atoms with E-state index in [9.17, 15) is 4.79 Å². The summed E-state index contributed by atoms with van der Waals surface area (Å²) in [6.45, 7) is 1.82. The van der Waals surface area contributed by atoms with Crippen LogP contribution in [0, 0.1) is 5.92 Å². The van der Waals surface area contributed by atoms with Crippen molar-refractivity contribution in [1.29, 1.82) is 0 Å². The topological polar surface area (TPSA) is 52.3 Å². The molecule has 1 heterocycles. The molecule has 0 amide bonds. The largest absolute Gasteiger partial charge is 0.448 e. The van der Waals surface area contributed by atoms with Crippen molar-refractivity contribution >= 4 is 5.97 Å². The van der Waals surface area contributed by atoms with Crippen LogP contribution in [0.4, 0.5) is 0 Å². The number of fused-ring (bicyclic) bond motifs is 1. The highest BCUT2D eigenvalue weighted by Gasteiger charge is 2.25. The predicted molar refractivity (Wildman–Crippen MR) is 132 cm³/mol. The smallest absolute Gasteiger partial charge is 0.310 e. The van der Waals surface area contributed by atoms with Gasteiger partial charge in [-0.3, -0.25) is 4.79 Å². The van der Waals surface area contributed by atoms with Crippen LogP contribution in [-0.4, -0.2) is 11.0 Å². The summed E-state index contributed by atoms with van der Waals surface area (Å²) in [5.74, 6) is 1.73. The molecule has 5 rings (SSSR count). The number of nitrogens with zero attached hydrogens (tertiary/aromatic N) is 1. The summed E-state index contributed by atoms with van der Waals surface area (Å²) in [4.78, 5) is 16.7. The number of carbonyl (C=O) groups is 1. The van der Waals surface area contributed by atoms with Crippen molar-refractivity contribution in [3.63, 3.8) is 0 Å². The van der Waals surface area contributed by atoms with Gasteiger partial charge in [-0.15, -0.1) is 0 Å². The normalized spacial score (nSPS) is 15.2. The van der Waals surface area contributed by atoms with Crippen molar-refractivity contribution in [3.8, 4) is 5.75 Å². The van der Waals surface area contributed by atoms with Crippen LogP contribution in [0.5, 0.6) is 5.75 Å². The number of carbonyl (C=O) groups excluding carboxylic acids is 1. The average Bonchev–Trinajstić information content (AvgIpc) is 3.33. The van der Waals surface area contributed by atoms with Gasteiger partial charge in [-0.05, 0) is 59.9 Å². The average molecular weight is 452 g/mol. The second-order valence-electron chi connectivity index (χ2n) is 8.97. The van der Waals surface area contributed by atoms with E-state index in [4.69, 9.17) is 14.1 Å². The highest BCUT2D eigenvalue weighted by molar-refractivity contribution is 5.72. The van der Waals surface area contributed by atoms with Crippen LogP contribution >= 0.6 is 0 Å². The Kier molecular flexibility index (Phi) is 6.57. The number of oxazole rings is 1. The van der Waals surface area contributed by atoms with Crippen LogP contribution in [0.15, 0.2) is 89.5 Å². The summed E-state index contributed by atoms with van der Waals surface area (Å²) in [7, 11) is 0. The molecule has 0 saturated carbocycles. The molecule has 4 heteroatoms. The van der Waals surface area contributed by atoms with Gasteiger partial charge in [0.15, 0.2) is 0 Å². The van der Waals surface area contributed by atoms with E-state index >= 15 is 0 Å². The zero-order valence-corrected chi connectivity index (χ0v) is 19.4. The second-order valence-corrected chi connectivity index (χ2v) is 8.97. The van der Waals surface area contributed by atoms with Crippen molar-refractivity contribution < 1.29 is 13.9 Å². The molecule has 0 bridgehead atoms. The quantitative estimate of drug-likeness (QED) is 0.237. The van der Waals surface area contributed by atoms with Crippen LogP contribution in [0.2, 0.25) is 0 Å². The molecule has 0 saturated heterocycles. The molecular formula is C30H29NO3. The van der Waals surface area contributed by atoms with Crippen LogP contribution in [0.1, 0.15) is 59.5 Å². The minimum atomic E-state index is -0.183. The maximum absolute atomic E-state index is 11.8. The summed E-state index contributed by atoms with van der Waals surface area (Å²) in [5.41, 5.74) is 5.78. The Hall–Kier alpha value is -3.66. The molecule has 0 N–H and O–H groups in total. The van der Waals surface area contributed by atoms with E-state index in [1.54, 1.807) is 0 Å². The fourth-order valence-corrected chi connectivity index (χ4v) is 4.93. The first-order valence-corrected chi connectivity index (χ1v) is 12.1. The van der Waals surface area contributed by atoms with Gasteiger partial charge in [-0.1, -0.05) is 79.7 Å². The Morgan fingerprint density at radius 3 is 2.38 bits per heavy atom. The number of rotatable bonds is 7. The number of benzene rings is 3. The number of esters is 1. The molecule has 0 aliphatic heterocycles. The Bertz CT molecular complexity index is 1210. The van der Waals surface area contributed by atoms with Gasteiger partial charge in [0, 0.05) is 6.42 Å². The molecule has 4 nitrogen and oxygen atoms in total. The zero-order valence-electron chi connectivity index (χ0n) is 19.4. The number of hydrogen-bond donors (Lipinski definition) is 0. The maximum atomic E-state index is 11.8. The van der Waals surface area contributed by atoms with E-state index in [0.29, 0.717) is 12.3 Å². The van der Waals surface area contributed by atoms with Gasteiger partial charge in [0.2, 0.25) is 5.89 Å². The molecule has 34 heavy (non-hydrogen) atoms. The van der Waals surface area contributed by atoms with Gasteiger partial charge < -0.3 is 9.15 Å². The monoisotopic (exact) mass is 451 g/mol. The van der Waals surface area contributed by atoms with Crippen molar-refractivity contribution in [3.05, 3.63) is 119 Å². The Labute approximate surface area is 200 Å². The minimum absolute atomic E-state index is 0.0287. The molecule has 1 aromatic heterocycles. The molecular weight excluding hydrogens is 422 g/mol. The van der Waals surface area contributed by atoms with Crippen LogP contribution in [0.3, 0.4) is 0 Å². The van der Waals surface area contributed by atoms with Crippen LogP contribution in [-0.2, 0) is 24.1 Å². The van der Waals surface area contributed by atoms with Gasteiger partial charge in [0.25, 0.3) is 0 Å². The molecule has 0 radical (unpaired) electrons. The lowest BCUT2D eigenvalue weighted by atomic mass is 9.81. The summed E-state index contributed by atoms with van der Waals surface area (Å²) in [6.07, 6.45) is 5.98. The van der Waals surface area contributed by atoms with Gasteiger partial charge in [-0.2, -0.15) is 0 Å². The second kappa shape index (κ2) is 10.1. The fraction of sp³-hybridized carbons (Fsp3) is 0.267. The highest BCUT2D eigenvalue weighted by atomic mass is 16.5. The third-order valence-electron chi connectivity index (χ3n) is 6.63. The molecule has 1 atom stereocenters. The van der Waals surface area contributed by atoms with E-state index in [0.717, 1.165) is 43.0 Å². The van der Waals surface area contributed by atoms with Crippen molar-refractivity contribution in [1.82, 2.24) is 4.98 Å². The highest BCUT2D eigenvalue weighted by Crippen LogP contribution is 2.35. The molecule has 1 aliphatic rings. The summed E-state index contributed by atoms with van der Waals surface area (Å²) < 4.78 is 11.6. The van der Waals surface area contributed by atoms with E-state index < -0.39 is 0 Å². The Morgan fingerprint density at radius 1 is 1.00 bits per heavy atom. The van der Waals surface area contributed by atoms with Gasteiger partial charge >= 0.3 is 5.97 Å². The molecule has 1 unspecified atom stereocenters. The molecule has 1 aliphatic carbocycles. The molecule has 4 aromatic rings. The summed E-state index contributed by atoms with van der Waals surface area (Å²) >= 11 is 0. The zero-order chi connectivity index (χ0) is 23.3. The van der Waals surface area contributed by atoms with Crippen LogP contribution in [0.25, 0.3) is 0 Å². The van der Waals surface area contributed by atoms with E-state index in [1.807, 2.05) is 37.5 Å². The van der Waals surface area contributed by atoms with Crippen molar-refractivity contribution in [2.24, 2.45) is 5.92 Å². The van der Waals surface area contributed by atoms with Gasteiger partial charge in [0.05, 0.1) is 11.6 Å². The summed E-state index contributed by atoms with van der Waals surface area (Å²) in [6, 6.07) is 26.8. The number of ether oxygens (including phenoxy) is 1. The minimum Gasteiger partial charge on any atom is -0.448 e. The molecule has 172 valence electrons. The van der Waals surface area contributed by atoms with Crippen LogP contribution < -0.4 is 4.74 Å². The predicted octanol–water partition coefficient (Wildman–Crippen LogP) is 6.52. The number of aromatic nitrogens is 1. The fourth-order valence-electron chi connectivity index (χ4n) is 4.93. The lowest BCUT2D eigenvalue weighted by molar-refractivity contribution is -0.134. The molecule has 0 spiro atoms. The third kappa shape index (κ3) is 4.81. The van der Waals surface area contributed by atoms with Gasteiger partial charge in [0.1, 0.15) is 12.0 Å². The Balaban J connectivity index is 1.34. The standard InChI is InChI=1S/C30H29NO3/c1-2-28(32)34-27-15-9-14-24-18-21(16-17-26(24)27)19-25-20-33-30(31-25)29(22-10-5-3-6-11-22)23-12-7-4-8-13-23/h3-15,20-21,29H,2,16-19H2,1H3. The first-order valence-electron chi connectivity index (χ1n) is 12.1. The maximum Gasteiger partial charge on any atom is 0.310 e. The molecule has 0 fully saturated rings. The first-order chi connectivity index (χ1) is 16.7. The van der Waals surface area contributed by atoms with Crippen molar-refractivity contribution in [2.45, 2.75) is 44.9 Å². The van der Waals surface area contributed by atoms with E-state index in [1.165, 1.54) is 22.3 Å². The third-order valence-corrected chi connectivity index (χ3v) is 6.63. The first kappa shape index (κ1) is 22.1. The van der Waals surface area contributed by atoms with E-state index in [2.05, 4.69) is 54.6 Å². The van der Waals surface area contributed by atoms with Gasteiger partial charge in [-0.25, -0.2) is 4.98 Å². The van der Waals surface area contributed by atoms with E-state index in [-0.39, 0.29) is 11.9 Å². The number of hydrogen-bond acceptors (Lipinski definition) is 4. The molecule has 3 aromatic carbocycles. The summed E-state index contributed by atoms with van der Waals surface area (Å²) in [5, 5.41) is 0. The lowest BCUT2D eigenvalue weighted by Gasteiger charge is -2.25. The SMILES string of the molecule is CCC(=O)Oc1cccc2c1CCC(Cc1coc(C(c3ccccc3)c3ccccc3)n1)C2.